The van der Waals surface area contributed by atoms with Crippen LogP contribution >= 0.6 is 0 Å². The van der Waals surface area contributed by atoms with Gasteiger partial charge in [0, 0.05) is 12.1 Å². The fraction of sp³-hybridized carbons (Fsp3) is 0.263. The number of methoxy groups -OCH3 is 1. The molecule has 0 spiro atoms. The first-order valence-corrected chi connectivity index (χ1v) is 8.63. The standard InChI is InChI=1S/C19H19N5O3/c1-26-16-7-3-5-13-9-15(11-27-17(13)16)19(25)20-10-12-4-2-6-14(8-12)18-21-23-24-22-18/h2-8,15H,9-11H2,1H3,(H,20,25)(H,21,22,23,24)/t15-/m1/s1. The summed E-state index contributed by atoms with van der Waals surface area (Å²) >= 11 is 0. The van der Waals surface area contributed by atoms with E-state index >= 15 is 0 Å². The fourth-order valence-electron chi connectivity index (χ4n) is 3.16. The molecule has 0 aliphatic carbocycles. The Kier molecular flexibility index (Phi) is 4.69. The number of nitrogens with zero attached hydrogens (tertiary/aromatic N) is 3. The predicted molar refractivity (Wildman–Crippen MR) is 97.1 cm³/mol. The van der Waals surface area contributed by atoms with E-state index in [1.54, 1.807) is 7.11 Å². The molecule has 138 valence electrons. The van der Waals surface area contributed by atoms with Gasteiger partial charge in [0.05, 0.1) is 13.0 Å². The summed E-state index contributed by atoms with van der Waals surface area (Å²) in [4.78, 5) is 12.6. The predicted octanol–water partition coefficient (Wildman–Crippen LogP) is 1.74. The van der Waals surface area contributed by atoms with Crippen LogP contribution in [0.15, 0.2) is 42.5 Å². The molecule has 2 heterocycles. The van der Waals surface area contributed by atoms with Crippen LogP contribution in [0.25, 0.3) is 11.4 Å². The molecule has 8 nitrogen and oxygen atoms in total. The Morgan fingerprint density at radius 1 is 1.33 bits per heavy atom. The van der Waals surface area contributed by atoms with E-state index in [1.165, 1.54) is 0 Å². The number of hydrogen-bond acceptors (Lipinski definition) is 6. The van der Waals surface area contributed by atoms with Crippen molar-refractivity contribution in [2.75, 3.05) is 13.7 Å². The minimum atomic E-state index is -0.231. The topological polar surface area (TPSA) is 102 Å². The highest BCUT2D eigenvalue weighted by Gasteiger charge is 2.27. The third-order valence-corrected chi connectivity index (χ3v) is 4.54. The number of fused-ring (bicyclic) bond motifs is 1. The van der Waals surface area contributed by atoms with Crippen molar-refractivity contribution in [2.45, 2.75) is 13.0 Å². The lowest BCUT2D eigenvalue weighted by Gasteiger charge is -2.25. The first-order chi connectivity index (χ1) is 13.2. The number of benzene rings is 2. The summed E-state index contributed by atoms with van der Waals surface area (Å²) in [7, 11) is 1.61. The van der Waals surface area contributed by atoms with Crippen LogP contribution in [0.5, 0.6) is 11.5 Å². The number of para-hydroxylation sites is 1. The molecule has 2 N–H and O–H groups in total. The van der Waals surface area contributed by atoms with Crippen LogP contribution in [-0.2, 0) is 17.8 Å². The smallest absolute Gasteiger partial charge is 0.227 e. The summed E-state index contributed by atoms with van der Waals surface area (Å²) in [6, 6.07) is 13.4. The third-order valence-electron chi connectivity index (χ3n) is 4.54. The summed E-state index contributed by atoms with van der Waals surface area (Å²) in [5.74, 6) is 1.69. The maximum atomic E-state index is 12.6. The lowest BCUT2D eigenvalue weighted by molar-refractivity contribution is -0.126. The highest BCUT2D eigenvalue weighted by atomic mass is 16.5. The molecule has 8 heteroatoms. The van der Waals surface area contributed by atoms with E-state index in [0.29, 0.717) is 31.1 Å². The van der Waals surface area contributed by atoms with Crippen LogP contribution in [0, 0.1) is 5.92 Å². The van der Waals surface area contributed by atoms with Crippen molar-refractivity contribution >= 4 is 5.91 Å². The fourth-order valence-corrected chi connectivity index (χ4v) is 3.16. The summed E-state index contributed by atoms with van der Waals surface area (Å²) in [5, 5.41) is 16.9. The second-order valence-corrected chi connectivity index (χ2v) is 6.31. The number of amides is 1. The lowest BCUT2D eigenvalue weighted by atomic mass is 9.95. The molecule has 3 aromatic rings. The van der Waals surface area contributed by atoms with Gasteiger partial charge in [-0.2, -0.15) is 5.21 Å². The number of H-pyrrole nitrogens is 1. The number of nitrogens with one attached hydrogen (secondary N) is 2. The minimum absolute atomic E-state index is 0.0339. The maximum Gasteiger partial charge on any atom is 0.227 e. The Balaban J connectivity index is 1.40. The van der Waals surface area contributed by atoms with E-state index in [0.717, 1.165) is 22.4 Å². The van der Waals surface area contributed by atoms with Crippen molar-refractivity contribution in [3.8, 4) is 22.9 Å². The van der Waals surface area contributed by atoms with E-state index < -0.39 is 0 Å². The molecule has 1 aromatic heterocycles. The summed E-state index contributed by atoms with van der Waals surface area (Å²) in [5.41, 5.74) is 2.79. The number of carbonyl (C=O) groups excluding carboxylic acids is 1. The number of carbonyl (C=O) groups is 1. The SMILES string of the molecule is COc1cccc2c1OC[C@H](C(=O)NCc1cccc(-c3nn[nH]n3)c1)C2. The van der Waals surface area contributed by atoms with Crippen LogP contribution in [0.4, 0.5) is 0 Å². The number of tetrazole rings is 1. The van der Waals surface area contributed by atoms with Crippen LogP contribution in [-0.4, -0.2) is 40.2 Å². The lowest BCUT2D eigenvalue weighted by Crippen LogP contribution is -2.37. The van der Waals surface area contributed by atoms with Gasteiger partial charge in [0.2, 0.25) is 11.7 Å². The van der Waals surface area contributed by atoms with Crippen molar-refractivity contribution in [1.82, 2.24) is 25.9 Å². The number of rotatable bonds is 5. The average Bonchev–Trinajstić information content (AvgIpc) is 3.26. The van der Waals surface area contributed by atoms with Crippen LogP contribution in [0.2, 0.25) is 0 Å². The second-order valence-electron chi connectivity index (χ2n) is 6.31. The Morgan fingerprint density at radius 2 is 2.22 bits per heavy atom. The summed E-state index contributed by atoms with van der Waals surface area (Å²) < 4.78 is 11.1. The van der Waals surface area contributed by atoms with E-state index in [-0.39, 0.29) is 11.8 Å². The summed E-state index contributed by atoms with van der Waals surface area (Å²) in [6.45, 7) is 0.758. The Bertz CT molecular complexity index is 942. The largest absolute Gasteiger partial charge is 0.493 e. The minimum Gasteiger partial charge on any atom is -0.493 e. The highest BCUT2D eigenvalue weighted by molar-refractivity contribution is 5.79. The van der Waals surface area contributed by atoms with Gasteiger partial charge in [0.25, 0.3) is 0 Å². The molecule has 1 atom stereocenters. The number of hydrogen-bond donors (Lipinski definition) is 2. The van der Waals surface area contributed by atoms with Gasteiger partial charge in [-0.15, -0.1) is 10.2 Å². The Morgan fingerprint density at radius 3 is 3.04 bits per heavy atom. The van der Waals surface area contributed by atoms with Crippen molar-refractivity contribution < 1.29 is 14.3 Å². The summed E-state index contributed by atoms with van der Waals surface area (Å²) in [6.07, 6.45) is 0.626. The molecule has 2 aromatic carbocycles. The molecule has 0 unspecified atom stereocenters. The van der Waals surface area contributed by atoms with Gasteiger partial charge >= 0.3 is 0 Å². The number of ether oxygens (including phenoxy) is 2. The second kappa shape index (κ2) is 7.45. The zero-order chi connectivity index (χ0) is 18.6. The van der Waals surface area contributed by atoms with Crippen LogP contribution in [0.1, 0.15) is 11.1 Å². The molecule has 0 saturated carbocycles. The average molecular weight is 365 g/mol. The molecule has 0 radical (unpaired) electrons. The van der Waals surface area contributed by atoms with Gasteiger partial charge in [-0.25, -0.2) is 0 Å². The monoisotopic (exact) mass is 365 g/mol. The van der Waals surface area contributed by atoms with E-state index in [1.807, 2.05) is 42.5 Å². The molecule has 1 amide bonds. The van der Waals surface area contributed by atoms with Crippen molar-refractivity contribution in [2.24, 2.45) is 5.92 Å². The van der Waals surface area contributed by atoms with Gasteiger partial charge < -0.3 is 14.8 Å². The van der Waals surface area contributed by atoms with Crippen LogP contribution in [0.3, 0.4) is 0 Å². The molecule has 4 rings (SSSR count). The Labute approximate surface area is 155 Å². The number of aromatic amines is 1. The number of aromatic nitrogens is 4. The molecule has 0 saturated heterocycles. The molecule has 1 aliphatic heterocycles. The zero-order valence-electron chi connectivity index (χ0n) is 14.8. The quantitative estimate of drug-likeness (QED) is 0.714. The van der Waals surface area contributed by atoms with Crippen molar-refractivity contribution in [1.29, 1.82) is 0 Å². The maximum absolute atomic E-state index is 12.6. The first-order valence-electron chi connectivity index (χ1n) is 8.63. The molecule has 1 aliphatic rings. The van der Waals surface area contributed by atoms with Gasteiger partial charge in [-0.3, -0.25) is 4.79 Å². The normalized spacial score (nSPS) is 15.5. The molecular weight excluding hydrogens is 346 g/mol. The van der Waals surface area contributed by atoms with Crippen molar-refractivity contribution in [3.63, 3.8) is 0 Å². The molecular formula is C19H19N5O3. The van der Waals surface area contributed by atoms with Crippen molar-refractivity contribution in [3.05, 3.63) is 53.6 Å². The first kappa shape index (κ1) is 17.0. The zero-order valence-corrected chi connectivity index (χ0v) is 14.8. The molecule has 27 heavy (non-hydrogen) atoms. The van der Waals surface area contributed by atoms with Gasteiger partial charge in [-0.1, -0.05) is 30.3 Å². The molecule has 0 fully saturated rings. The van der Waals surface area contributed by atoms with E-state index in [9.17, 15) is 4.79 Å². The van der Waals surface area contributed by atoms with Gasteiger partial charge in [0.1, 0.15) is 6.61 Å². The van der Waals surface area contributed by atoms with Gasteiger partial charge in [-0.05, 0) is 34.9 Å². The highest BCUT2D eigenvalue weighted by Crippen LogP contribution is 2.36. The Hall–Kier alpha value is -3.42. The van der Waals surface area contributed by atoms with E-state index in [2.05, 4.69) is 25.9 Å². The van der Waals surface area contributed by atoms with Gasteiger partial charge in [0.15, 0.2) is 11.5 Å². The molecule has 0 bridgehead atoms. The van der Waals surface area contributed by atoms with E-state index in [4.69, 9.17) is 9.47 Å². The third kappa shape index (κ3) is 3.59. The van der Waals surface area contributed by atoms with Crippen LogP contribution < -0.4 is 14.8 Å².